The molecule has 0 spiro atoms. The van der Waals surface area contributed by atoms with Crippen LogP contribution in [-0.4, -0.2) is 42.1 Å². The van der Waals surface area contributed by atoms with Crippen molar-refractivity contribution in [3.8, 4) is 0 Å². The number of hydrogen-bond acceptors (Lipinski definition) is 3. The molecule has 0 aromatic carbocycles. The molecule has 2 atom stereocenters. The van der Waals surface area contributed by atoms with Gasteiger partial charge in [0.1, 0.15) is 5.25 Å². The Hall–Kier alpha value is -0.530. The number of rotatable bonds is 14. The molecule has 0 heterocycles. The molecule has 150 valence electrons. The molecule has 8 heteroatoms. The van der Waals surface area contributed by atoms with Crippen LogP contribution >= 0.6 is 11.8 Å². The molecule has 0 fully saturated rings. The van der Waals surface area contributed by atoms with E-state index in [2.05, 4.69) is 0 Å². The summed E-state index contributed by atoms with van der Waals surface area (Å²) in [5.74, 6) is -4.07. The maximum Gasteiger partial charge on any atom is 0.319 e. The summed E-state index contributed by atoms with van der Waals surface area (Å²) in [7, 11) is 0. The largest absolute Gasteiger partial charge is 0.465 e. The lowest BCUT2D eigenvalue weighted by Gasteiger charge is -2.20. The van der Waals surface area contributed by atoms with Crippen LogP contribution < -0.4 is 0 Å². The summed E-state index contributed by atoms with van der Waals surface area (Å²) < 4.78 is 68.7. The van der Waals surface area contributed by atoms with Gasteiger partial charge in [0, 0.05) is 6.42 Å². The van der Waals surface area contributed by atoms with Crippen molar-refractivity contribution in [2.24, 2.45) is 5.92 Å². The molecule has 0 saturated heterocycles. The molecule has 0 N–H and O–H groups in total. The van der Waals surface area contributed by atoms with Crippen LogP contribution in [0.1, 0.15) is 59.3 Å². The molecule has 0 radical (unpaired) electrons. The average Bonchev–Trinajstić information content (AvgIpc) is 2.53. The first-order chi connectivity index (χ1) is 11.6. The molecule has 0 aliphatic carbocycles. The lowest BCUT2D eigenvalue weighted by molar-refractivity contribution is -0.144. The van der Waals surface area contributed by atoms with E-state index in [4.69, 9.17) is 4.74 Å². The monoisotopic (exact) mass is 392 g/mol. The van der Waals surface area contributed by atoms with Crippen molar-refractivity contribution in [2.45, 2.75) is 83.1 Å². The number of esters is 1. The maximum absolute atomic E-state index is 13.3. The van der Waals surface area contributed by atoms with Gasteiger partial charge in [-0.15, -0.1) is 11.8 Å². The minimum atomic E-state index is -4.05. The second kappa shape index (κ2) is 12.8. The smallest absolute Gasteiger partial charge is 0.319 e. The summed E-state index contributed by atoms with van der Waals surface area (Å²) in [6.45, 7) is 6.13. The summed E-state index contributed by atoms with van der Waals surface area (Å²) in [6.07, 6.45) is -4.93. The van der Waals surface area contributed by atoms with E-state index in [0.717, 1.165) is 19.3 Å². The van der Waals surface area contributed by atoms with Crippen molar-refractivity contribution in [3.05, 3.63) is 0 Å². The Labute approximate surface area is 151 Å². The molecule has 0 aromatic heterocycles. The zero-order valence-electron chi connectivity index (χ0n) is 15.1. The van der Waals surface area contributed by atoms with Crippen LogP contribution in [0.5, 0.6) is 0 Å². The number of hydrogen-bond donors (Lipinski definition) is 0. The highest BCUT2D eigenvalue weighted by Crippen LogP contribution is 2.32. The molecular weight excluding hydrogens is 363 g/mol. The Balaban J connectivity index is 4.38. The van der Waals surface area contributed by atoms with E-state index in [0.29, 0.717) is 13.0 Å². The van der Waals surface area contributed by atoms with Gasteiger partial charge in [-0.1, -0.05) is 40.0 Å². The van der Waals surface area contributed by atoms with Gasteiger partial charge in [0.2, 0.25) is 6.17 Å². The number of thioether (sulfide) groups is 1. The van der Waals surface area contributed by atoms with Crippen molar-refractivity contribution in [3.63, 3.8) is 0 Å². The van der Waals surface area contributed by atoms with E-state index < -0.39 is 30.2 Å². The van der Waals surface area contributed by atoms with Crippen LogP contribution in [0, 0.1) is 5.92 Å². The van der Waals surface area contributed by atoms with E-state index in [-0.39, 0.29) is 24.1 Å². The fourth-order valence-corrected chi connectivity index (χ4v) is 3.18. The van der Waals surface area contributed by atoms with Gasteiger partial charge in [0.25, 0.3) is 12.3 Å². The predicted molar refractivity (Wildman–Crippen MR) is 91.3 cm³/mol. The topological polar surface area (TPSA) is 26.3 Å². The lowest BCUT2D eigenvalue weighted by Crippen LogP contribution is -2.35. The van der Waals surface area contributed by atoms with Crippen LogP contribution in [0.2, 0.25) is 0 Å². The van der Waals surface area contributed by atoms with Crippen LogP contribution in [-0.2, 0) is 9.53 Å². The molecule has 25 heavy (non-hydrogen) atoms. The van der Waals surface area contributed by atoms with Crippen LogP contribution in [0.4, 0.5) is 22.0 Å². The number of ether oxygens (including phenoxy) is 1. The number of halogens is 5. The van der Waals surface area contributed by atoms with Gasteiger partial charge in [-0.3, -0.25) is 4.79 Å². The van der Waals surface area contributed by atoms with E-state index >= 15 is 0 Å². The third-order valence-electron chi connectivity index (χ3n) is 3.49. The number of carbonyl (C=O) groups excluding carboxylic acids is 1. The molecule has 0 bridgehead atoms. The van der Waals surface area contributed by atoms with Gasteiger partial charge in [0.05, 0.1) is 6.61 Å². The van der Waals surface area contributed by atoms with Gasteiger partial charge in [0.15, 0.2) is 0 Å². The Bertz CT molecular complexity index is 367. The molecule has 0 aromatic rings. The number of unbranched alkanes of at least 4 members (excludes halogenated alkanes) is 2. The Morgan fingerprint density at radius 3 is 2.28 bits per heavy atom. The standard InChI is InChI=1S/C17H29F5O2S/c1-4-5-6-8-13(16(23)24-11-12(2)3)25-10-7-9-17(21,22)14(18)15(19)20/h12-15H,4-11H2,1-3H3. The lowest BCUT2D eigenvalue weighted by atomic mass is 10.1. The highest BCUT2D eigenvalue weighted by molar-refractivity contribution is 8.00. The molecule has 0 aliphatic heterocycles. The summed E-state index contributed by atoms with van der Waals surface area (Å²) in [5, 5.41) is -0.463. The summed E-state index contributed by atoms with van der Waals surface area (Å²) in [4.78, 5) is 12.1. The van der Waals surface area contributed by atoms with E-state index in [1.54, 1.807) is 0 Å². The van der Waals surface area contributed by atoms with E-state index in [1.807, 2.05) is 20.8 Å². The first-order valence-electron chi connectivity index (χ1n) is 8.70. The Morgan fingerprint density at radius 2 is 1.76 bits per heavy atom. The van der Waals surface area contributed by atoms with E-state index in [9.17, 15) is 26.7 Å². The fraction of sp³-hybridized carbons (Fsp3) is 0.941. The van der Waals surface area contributed by atoms with Crippen LogP contribution in [0.25, 0.3) is 0 Å². The van der Waals surface area contributed by atoms with Crippen molar-refractivity contribution in [1.82, 2.24) is 0 Å². The third kappa shape index (κ3) is 10.9. The van der Waals surface area contributed by atoms with E-state index in [1.165, 1.54) is 11.8 Å². The van der Waals surface area contributed by atoms with Crippen molar-refractivity contribution in [2.75, 3.05) is 12.4 Å². The van der Waals surface area contributed by atoms with Crippen LogP contribution in [0.3, 0.4) is 0 Å². The normalized spacial score (nSPS) is 14.8. The molecule has 0 aliphatic rings. The minimum absolute atomic E-state index is 0.146. The molecular formula is C17H29F5O2S. The quantitative estimate of drug-likeness (QED) is 0.210. The number of carbonyl (C=O) groups is 1. The van der Waals surface area contributed by atoms with Crippen molar-refractivity contribution in [1.29, 1.82) is 0 Å². The molecule has 0 rings (SSSR count). The van der Waals surface area contributed by atoms with Gasteiger partial charge in [-0.25, -0.2) is 22.0 Å². The highest BCUT2D eigenvalue weighted by atomic mass is 32.2. The summed E-state index contributed by atoms with van der Waals surface area (Å²) in [6, 6.07) is 0. The number of alkyl halides is 5. The van der Waals surface area contributed by atoms with Gasteiger partial charge in [-0.2, -0.15) is 0 Å². The van der Waals surface area contributed by atoms with Gasteiger partial charge < -0.3 is 4.74 Å². The minimum Gasteiger partial charge on any atom is -0.465 e. The summed E-state index contributed by atoms with van der Waals surface area (Å²) in [5.41, 5.74) is 0. The zero-order valence-corrected chi connectivity index (χ0v) is 15.9. The van der Waals surface area contributed by atoms with Gasteiger partial charge >= 0.3 is 5.97 Å². The predicted octanol–water partition coefficient (Wildman–Crippen LogP) is 5.89. The molecule has 0 amide bonds. The first kappa shape index (κ1) is 24.5. The third-order valence-corrected chi connectivity index (χ3v) is 4.84. The maximum atomic E-state index is 13.3. The van der Waals surface area contributed by atoms with Crippen LogP contribution in [0.15, 0.2) is 0 Å². The van der Waals surface area contributed by atoms with Crippen molar-refractivity contribution >= 4 is 17.7 Å². The second-order valence-electron chi connectivity index (χ2n) is 6.48. The Morgan fingerprint density at radius 1 is 1.12 bits per heavy atom. The zero-order chi connectivity index (χ0) is 19.5. The Kier molecular flexibility index (Phi) is 12.5. The fourth-order valence-electron chi connectivity index (χ4n) is 2.05. The first-order valence-corrected chi connectivity index (χ1v) is 9.75. The second-order valence-corrected chi connectivity index (χ2v) is 7.79. The van der Waals surface area contributed by atoms with Gasteiger partial charge in [-0.05, 0) is 24.5 Å². The SMILES string of the molecule is CCCCCC(SCCCC(F)(F)C(F)C(F)F)C(=O)OCC(C)C. The average molecular weight is 392 g/mol. The molecule has 2 unspecified atom stereocenters. The summed E-state index contributed by atoms with van der Waals surface area (Å²) >= 11 is 1.17. The van der Waals surface area contributed by atoms with Crippen molar-refractivity contribution < 1.29 is 31.5 Å². The highest BCUT2D eigenvalue weighted by Gasteiger charge is 2.45. The molecule has 2 nitrogen and oxygen atoms in total. The molecule has 0 saturated carbocycles.